The molecule has 0 spiro atoms. The Hall–Kier alpha value is -6.52. The Morgan fingerprint density at radius 3 is 1.14 bits per heavy atom. The second-order valence-electron chi connectivity index (χ2n) is 16.5. The molecule has 8 amide bonds. The highest BCUT2D eigenvalue weighted by Gasteiger charge is 2.32. The van der Waals surface area contributed by atoms with Crippen molar-refractivity contribution in [2.75, 3.05) is 64.1 Å². The van der Waals surface area contributed by atoms with Gasteiger partial charge in [0.1, 0.15) is 36.3 Å². The Bertz CT molecular complexity index is 2410. The van der Waals surface area contributed by atoms with Gasteiger partial charge in [0.25, 0.3) is 11.8 Å². The standard InChI is InChI=1S/C48H66N12O12S2/c1-3-31-29(19-27-11-5-7-13-33(27)53-31)41(65)55-35(21-61)45(69)57-37(23-63)47(71)59-39(43(67)51-17-9-15-49)25-73-74-26-40(44(68)52-18-10-16-50)60-48(72)38(24-64)58-46(70)36(22-62)56-42(66)30-20-28-12-6-8-14-34(28)54-32(30)4-2/h5-8,11-14,19-20,35-40,61-64H,3-4,9-10,15-18,21-26,49-50H2,1-2H3,(H,51,67)(H,52,68)(H,55,65)(H,56,66)(H,57,69)(H,58,70)(H,59,71)(H,60,72)/t35-,36-,37-,38-,39-,40-/m0/s1. The molecule has 0 unspecified atom stereocenters. The molecule has 0 aliphatic rings. The predicted octanol–water partition coefficient (Wildman–Crippen LogP) is -2.98. The van der Waals surface area contributed by atoms with Crippen LogP contribution in [0.5, 0.6) is 0 Å². The van der Waals surface area contributed by atoms with Gasteiger partial charge < -0.3 is 74.4 Å². The molecule has 2 heterocycles. The molecule has 4 rings (SSSR count). The van der Waals surface area contributed by atoms with E-state index in [4.69, 9.17) is 11.5 Å². The van der Waals surface area contributed by atoms with Crippen LogP contribution in [0.4, 0.5) is 0 Å². The van der Waals surface area contributed by atoms with Gasteiger partial charge in [-0.05, 0) is 63.0 Å². The Morgan fingerprint density at radius 1 is 0.486 bits per heavy atom. The highest BCUT2D eigenvalue weighted by molar-refractivity contribution is 8.76. The van der Waals surface area contributed by atoms with Gasteiger partial charge >= 0.3 is 0 Å². The SMILES string of the molecule is CCc1nc2ccccc2cc1C(=O)N[C@@H](CO)C(=O)N[C@@H](CO)C(=O)N[C@@H](CSSC[C@H](NC(=O)[C@H](CO)NC(=O)[C@H](CO)NC(=O)c1cc2ccccc2nc1CC)C(=O)NCCCN)C(=O)NCCCN. The van der Waals surface area contributed by atoms with Gasteiger partial charge in [-0.3, -0.25) is 48.3 Å². The molecule has 0 aliphatic heterocycles. The van der Waals surface area contributed by atoms with Gasteiger partial charge in [0.2, 0.25) is 35.4 Å². The van der Waals surface area contributed by atoms with Crippen LogP contribution in [-0.2, 0) is 41.6 Å². The van der Waals surface area contributed by atoms with Crippen molar-refractivity contribution >= 4 is 90.7 Å². The van der Waals surface area contributed by atoms with E-state index in [2.05, 4.69) is 52.5 Å². The summed E-state index contributed by atoms with van der Waals surface area (Å²) in [6.07, 6.45) is 1.54. The quantitative estimate of drug-likeness (QED) is 0.0177. The molecule has 2 aromatic carbocycles. The number of aliphatic hydroxyl groups excluding tert-OH is 4. The van der Waals surface area contributed by atoms with Crippen LogP contribution in [0.3, 0.4) is 0 Å². The predicted molar refractivity (Wildman–Crippen MR) is 279 cm³/mol. The molecule has 74 heavy (non-hydrogen) atoms. The molecular weight excluding hydrogens is 1000 g/mol. The molecule has 0 radical (unpaired) electrons. The third-order valence-corrected chi connectivity index (χ3v) is 13.6. The third kappa shape index (κ3) is 17.6. The lowest BCUT2D eigenvalue weighted by Gasteiger charge is -2.25. The first kappa shape index (κ1) is 60.0. The molecule has 4 aromatic rings. The second-order valence-corrected chi connectivity index (χ2v) is 19.1. The van der Waals surface area contributed by atoms with Crippen LogP contribution in [0.1, 0.15) is 58.8 Å². The van der Waals surface area contributed by atoms with Crippen molar-refractivity contribution in [3.8, 4) is 0 Å². The van der Waals surface area contributed by atoms with Gasteiger partial charge in [-0.2, -0.15) is 0 Å². The van der Waals surface area contributed by atoms with E-state index in [9.17, 15) is 58.8 Å². The van der Waals surface area contributed by atoms with Crippen LogP contribution in [0.25, 0.3) is 21.8 Å². The van der Waals surface area contributed by atoms with E-state index >= 15 is 0 Å². The number of carbonyl (C=O) groups excluding carboxylic acids is 8. The van der Waals surface area contributed by atoms with Crippen LogP contribution < -0.4 is 54.0 Å². The van der Waals surface area contributed by atoms with E-state index in [1.165, 1.54) is 0 Å². The Balaban J connectivity index is 1.40. The summed E-state index contributed by atoms with van der Waals surface area (Å²) in [7, 11) is 2.00. The number of aryl methyl sites for hydroxylation is 2. The number of nitrogens with two attached hydrogens (primary N) is 2. The van der Waals surface area contributed by atoms with Crippen LogP contribution >= 0.6 is 21.6 Å². The zero-order valence-corrected chi connectivity index (χ0v) is 42.7. The van der Waals surface area contributed by atoms with Gasteiger partial charge in [0.05, 0.1) is 60.0 Å². The van der Waals surface area contributed by atoms with Crippen LogP contribution in [0.2, 0.25) is 0 Å². The van der Waals surface area contributed by atoms with E-state index < -0.39 is 110 Å². The van der Waals surface area contributed by atoms with Crippen molar-refractivity contribution in [2.45, 2.75) is 75.8 Å². The van der Waals surface area contributed by atoms with Gasteiger partial charge in [-0.15, -0.1) is 0 Å². The van der Waals surface area contributed by atoms with Gasteiger partial charge in [-0.1, -0.05) is 71.8 Å². The van der Waals surface area contributed by atoms with Crippen molar-refractivity contribution < 1.29 is 58.8 Å². The fourth-order valence-corrected chi connectivity index (χ4v) is 9.38. The van der Waals surface area contributed by atoms with Gasteiger partial charge in [-0.25, -0.2) is 0 Å². The molecule has 24 nitrogen and oxygen atoms in total. The maximum absolute atomic E-state index is 13.6. The number of aromatic nitrogens is 2. The maximum atomic E-state index is 13.6. The van der Waals surface area contributed by atoms with E-state index in [-0.39, 0.29) is 48.8 Å². The summed E-state index contributed by atoms with van der Waals surface area (Å²) in [5.74, 6) is -7.12. The lowest BCUT2D eigenvalue weighted by atomic mass is 10.1. The summed E-state index contributed by atoms with van der Waals surface area (Å²) in [6, 6.07) is 8.41. The average molecular weight is 1070 g/mol. The van der Waals surface area contributed by atoms with Crippen LogP contribution in [0, 0.1) is 0 Å². The van der Waals surface area contributed by atoms with Gasteiger partial charge in [0, 0.05) is 35.4 Å². The lowest BCUT2D eigenvalue weighted by Crippen LogP contribution is -2.59. The highest BCUT2D eigenvalue weighted by Crippen LogP contribution is 2.24. The molecule has 16 N–H and O–H groups in total. The molecule has 0 saturated heterocycles. The summed E-state index contributed by atoms with van der Waals surface area (Å²) in [5.41, 5.74) is 13.7. The number of rotatable bonds is 31. The average Bonchev–Trinajstić information content (AvgIpc) is 3.41. The summed E-state index contributed by atoms with van der Waals surface area (Å²) in [4.78, 5) is 116. The fraction of sp³-hybridized carbons (Fsp3) is 0.458. The lowest BCUT2D eigenvalue weighted by molar-refractivity contribution is -0.133. The van der Waals surface area contributed by atoms with Crippen molar-refractivity contribution in [1.82, 2.24) is 52.5 Å². The molecule has 402 valence electrons. The summed E-state index contributed by atoms with van der Waals surface area (Å²) < 4.78 is 0. The van der Waals surface area contributed by atoms with Crippen LogP contribution in [-0.4, -0.2) is 178 Å². The molecular formula is C48H66N12O12S2. The number of amides is 8. The fourth-order valence-electron chi connectivity index (χ4n) is 7.05. The zero-order valence-electron chi connectivity index (χ0n) is 41.1. The smallest absolute Gasteiger partial charge is 0.253 e. The largest absolute Gasteiger partial charge is 0.394 e. The molecule has 0 bridgehead atoms. The van der Waals surface area contributed by atoms with Crippen molar-refractivity contribution in [2.24, 2.45) is 11.5 Å². The second kappa shape index (κ2) is 31.3. The first-order chi connectivity index (χ1) is 35.7. The number of para-hydroxylation sites is 2. The van der Waals surface area contributed by atoms with E-state index in [0.717, 1.165) is 21.6 Å². The number of nitrogens with zero attached hydrogens (tertiary/aromatic N) is 2. The van der Waals surface area contributed by atoms with E-state index in [1.54, 1.807) is 74.5 Å². The number of fused-ring (bicyclic) bond motifs is 2. The molecule has 0 aliphatic carbocycles. The number of benzene rings is 2. The summed E-state index contributed by atoms with van der Waals surface area (Å²) in [5, 5.41) is 61.7. The number of hydrogen-bond acceptors (Lipinski definition) is 18. The van der Waals surface area contributed by atoms with Gasteiger partial charge in [0.15, 0.2) is 0 Å². The third-order valence-electron chi connectivity index (χ3n) is 11.2. The summed E-state index contributed by atoms with van der Waals surface area (Å²) >= 11 is 0. The first-order valence-corrected chi connectivity index (χ1v) is 26.4. The highest BCUT2D eigenvalue weighted by atomic mass is 33.1. The molecule has 0 fully saturated rings. The number of hydrogen-bond donors (Lipinski definition) is 14. The minimum atomic E-state index is -1.66. The molecule has 26 heteroatoms. The van der Waals surface area contributed by atoms with Crippen molar-refractivity contribution in [3.05, 3.63) is 83.2 Å². The normalized spacial score (nSPS) is 13.6. The number of carbonyl (C=O) groups is 8. The Kier molecular flexibility index (Phi) is 25.4. The number of aliphatic hydroxyl groups is 4. The first-order valence-electron chi connectivity index (χ1n) is 23.9. The topological polar surface area (TPSA) is 392 Å². The number of pyridine rings is 2. The molecule has 6 atom stereocenters. The monoisotopic (exact) mass is 1070 g/mol. The Labute approximate surface area is 434 Å². The summed E-state index contributed by atoms with van der Waals surface area (Å²) in [6.45, 7) is 0.697. The minimum Gasteiger partial charge on any atom is -0.394 e. The van der Waals surface area contributed by atoms with E-state index in [0.29, 0.717) is 58.9 Å². The molecule has 2 aromatic heterocycles. The maximum Gasteiger partial charge on any atom is 0.253 e. The Morgan fingerprint density at radius 2 is 0.811 bits per heavy atom. The number of nitrogens with one attached hydrogen (secondary N) is 8. The van der Waals surface area contributed by atoms with Crippen molar-refractivity contribution in [1.29, 1.82) is 0 Å². The van der Waals surface area contributed by atoms with E-state index in [1.807, 2.05) is 0 Å². The molecule has 0 saturated carbocycles. The van der Waals surface area contributed by atoms with Crippen molar-refractivity contribution in [3.63, 3.8) is 0 Å². The zero-order chi connectivity index (χ0) is 54.2. The minimum absolute atomic E-state index is 0.136. The van der Waals surface area contributed by atoms with Crippen LogP contribution in [0.15, 0.2) is 60.7 Å².